The third-order valence-electron chi connectivity index (χ3n) is 4.40. The molecule has 2 aromatic rings. The van der Waals surface area contributed by atoms with Crippen molar-refractivity contribution in [1.29, 1.82) is 0 Å². The number of carbonyl (C=O) groups excluding carboxylic acids is 1. The van der Waals surface area contributed by atoms with Gasteiger partial charge >= 0.3 is 5.97 Å². The standard InChI is InChI=1S/C17H21N5O3/c23-15(21-10-4-5-13(11-21)8-9-16(24)25)12-22-19-17(18-20-22)14-6-2-1-3-7-14/h1-3,6-7,13H,4-5,8-12H2,(H,24,25)/t13-/m1/s1. The van der Waals surface area contributed by atoms with Crippen LogP contribution in [0.4, 0.5) is 0 Å². The molecular formula is C17H21N5O3. The number of carboxylic acid groups (broad SMARTS) is 1. The molecule has 8 nitrogen and oxygen atoms in total. The first kappa shape index (κ1) is 17.1. The fraction of sp³-hybridized carbons (Fsp3) is 0.471. The number of aromatic nitrogens is 4. The number of nitrogens with zero attached hydrogens (tertiary/aromatic N) is 5. The lowest BCUT2D eigenvalue weighted by molar-refractivity contribution is -0.137. The molecule has 1 aliphatic heterocycles. The molecule has 1 N–H and O–H groups in total. The fourth-order valence-corrected chi connectivity index (χ4v) is 3.09. The van der Waals surface area contributed by atoms with Crippen LogP contribution in [0.15, 0.2) is 30.3 Å². The fourth-order valence-electron chi connectivity index (χ4n) is 3.09. The monoisotopic (exact) mass is 343 g/mol. The Balaban J connectivity index is 1.57. The average molecular weight is 343 g/mol. The maximum atomic E-state index is 12.5. The maximum Gasteiger partial charge on any atom is 0.303 e. The van der Waals surface area contributed by atoms with Crippen molar-refractivity contribution >= 4 is 11.9 Å². The van der Waals surface area contributed by atoms with Gasteiger partial charge < -0.3 is 10.0 Å². The predicted octanol–water partition coefficient (Wildman–Crippen LogP) is 1.44. The average Bonchev–Trinajstić information content (AvgIpc) is 3.09. The number of benzene rings is 1. The summed E-state index contributed by atoms with van der Waals surface area (Å²) < 4.78 is 0. The zero-order valence-electron chi connectivity index (χ0n) is 13.9. The highest BCUT2D eigenvalue weighted by Gasteiger charge is 2.24. The first-order valence-corrected chi connectivity index (χ1v) is 8.44. The minimum atomic E-state index is -0.788. The molecule has 0 saturated carbocycles. The third-order valence-corrected chi connectivity index (χ3v) is 4.40. The van der Waals surface area contributed by atoms with Crippen molar-refractivity contribution in [1.82, 2.24) is 25.1 Å². The number of rotatable bonds is 6. The summed E-state index contributed by atoms with van der Waals surface area (Å²) in [7, 11) is 0. The molecular weight excluding hydrogens is 322 g/mol. The van der Waals surface area contributed by atoms with E-state index in [0.29, 0.717) is 25.3 Å². The lowest BCUT2D eigenvalue weighted by atomic mass is 9.93. The van der Waals surface area contributed by atoms with Gasteiger partial charge in [-0.15, -0.1) is 10.2 Å². The van der Waals surface area contributed by atoms with Crippen LogP contribution in [0.25, 0.3) is 11.4 Å². The molecule has 0 bridgehead atoms. The number of tetrazole rings is 1. The van der Waals surface area contributed by atoms with Crippen LogP contribution in [-0.2, 0) is 16.1 Å². The zero-order chi connectivity index (χ0) is 17.6. The second-order valence-electron chi connectivity index (χ2n) is 6.29. The molecule has 0 radical (unpaired) electrons. The van der Waals surface area contributed by atoms with E-state index in [1.165, 1.54) is 4.80 Å². The molecule has 1 fully saturated rings. The van der Waals surface area contributed by atoms with Crippen LogP contribution in [-0.4, -0.2) is 55.2 Å². The van der Waals surface area contributed by atoms with Gasteiger partial charge in [0, 0.05) is 25.1 Å². The molecule has 3 rings (SSSR count). The van der Waals surface area contributed by atoms with E-state index in [2.05, 4.69) is 15.4 Å². The normalized spacial score (nSPS) is 17.4. The SMILES string of the molecule is O=C(O)CC[C@H]1CCCN(C(=O)Cn2nnc(-c3ccccc3)n2)C1. The Morgan fingerprint density at radius 3 is 2.80 bits per heavy atom. The molecule has 0 unspecified atom stereocenters. The predicted molar refractivity (Wildman–Crippen MR) is 89.4 cm³/mol. The molecule has 1 aromatic heterocycles. The first-order chi connectivity index (χ1) is 12.1. The van der Waals surface area contributed by atoms with Gasteiger partial charge in [-0.2, -0.15) is 4.80 Å². The van der Waals surface area contributed by atoms with Crippen LogP contribution in [0.5, 0.6) is 0 Å². The van der Waals surface area contributed by atoms with Crippen molar-refractivity contribution < 1.29 is 14.7 Å². The number of hydrogen-bond donors (Lipinski definition) is 1. The Hall–Kier alpha value is -2.77. The third kappa shape index (κ3) is 4.62. The molecule has 1 amide bonds. The number of carbonyl (C=O) groups is 2. The number of amides is 1. The Bertz CT molecular complexity index is 731. The maximum absolute atomic E-state index is 12.5. The Morgan fingerprint density at radius 1 is 1.24 bits per heavy atom. The van der Waals surface area contributed by atoms with Gasteiger partial charge in [-0.05, 0) is 30.4 Å². The lowest BCUT2D eigenvalue weighted by Gasteiger charge is -2.32. The number of likely N-dealkylation sites (tertiary alicyclic amines) is 1. The highest BCUT2D eigenvalue weighted by atomic mass is 16.4. The van der Waals surface area contributed by atoms with Crippen molar-refractivity contribution in [2.75, 3.05) is 13.1 Å². The summed E-state index contributed by atoms with van der Waals surface area (Å²) in [5.74, 6) is -0.107. The van der Waals surface area contributed by atoms with Gasteiger partial charge in [0.15, 0.2) is 0 Å². The smallest absolute Gasteiger partial charge is 0.303 e. The molecule has 0 aliphatic carbocycles. The summed E-state index contributed by atoms with van der Waals surface area (Å²) in [6.07, 6.45) is 2.63. The number of aliphatic carboxylic acids is 1. The van der Waals surface area contributed by atoms with E-state index in [9.17, 15) is 9.59 Å². The quantitative estimate of drug-likeness (QED) is 0.852. The highest BCUT2D eigenvalue weighted by Crippen LogP contribution is 2.21. The molecule has 2 heterocycles. The molecule has 132 valence electrons. The minimum absolute atomic E-state index is 0.0471. The largest absolute Gasteiger partial charge is 0.481 e. The second-order valence-corrected chi connectivity index (χ2v) is 6.29. The number of hydrogen-bond acceptors (Lipinski definition) is 5. The van der Waals surface area contributed by atoms with Gasteiger partial charge in [0.25, 0.3) is 0 Å². The lowest BCUT2D eigenvalue weighted by Crippen LogP contribution is -2.42. The van der Waals surface area contributed by atoms with E-state index in [1.54, 1.807) is 4.90 Å². The van der Waals surface area contributed by atoms with Crippen LogP contribution in [0.2, 0.25) is 0 Å². The zero-order valence-corrected chi connectivity index (χ0v) is 13.9. The van der Waals surface area contributed by atoms with Gasteiger partial charge in [0.2, 0.25) is 11.7 Å². The first-order valence-electron chi connectivity index (χ1n) is 8.44. The Labute approximate surface area is 145 Å². The van der Waals surface area contributed by atoms with E-state index in [4.69, 9.17) is 5.11 Å². The van der Waals surface area contributed by atoms with Crippen LogP contribution < -0.4 is 0 Å². The van der Waals surface area contributed by atoms with Crippen LogP contribution in [0.1, 0.15) is 25.7 Å². The van der Waals surface area contributed by atoms with Gasteiger partial charge in [-0.25, -0.2) is 0 Å². The van der Waals surface area contributed by atoms with E-state index in [0.717, 1.165) is 18.4 Å². The van der Waals surface area contributed by atoms with Gasteiger partial charge in [0.1, 0.15) is 6.54 Å². The molecule has 1 aromatic carbocycles. The van der Waals surface area contributed by atoms with Crippen LogP contribution in [0.3, 0.4) is 0 Å². The molecule has 8 heteroatoms. The summed E-state index contributed by atoms with van der Waals surface area (Å²) in [6, 6.07) is 9.48. The topological polar surface area (TPSA) is 101 Å². The molecule has 25 heavy (non-hydrogen) atoms. The van der Waals surface area contributed by atoms with E-state index in [-0.39, 0.29) is 24.8 Å². The van der Waals surface area contributed by atoms with Crippen molar-refractivity contribution in [2.24, 2.45) is 5.92 Å². The van der Waals surface area contributed by atoms with E-state index >= 15 is 0 Å². The van der Waals surface area contributed by atoms with Crippen LogP contribution >= 0.6 is 0 Å². The summed E-state index contributed by atoms with van der Waals surface area (Å²) in [4.78, 5) is 26.3. The Kier molecular flexibility index (Phi) is 5.37. The highest BCUT2D eigenvalue weighted by molar-refractivity contribution is 5.76. The minimum Gasteiger partial charge on any atom is -0.481 e. The summed E-state index contributed by atoms with van der Waals surface area (Å²) >= 11 is 0. The van der Waals surface area contributed by atoms with Gasteiger partial charge in [-0.1, -0.05) is 30.3 Å². The van der Waals surface area contributed by atoms with Crippen molar-refractivity contribution in [3.8, 4) is 11.4 Å². The number of piperidine rings is 1. The van der Waals surface area contributed by atoms with Crippen molar-refractivity contribution in [3.63, 3.8) is 0 Å². The molecule has 1 saturated heterocycles. The van der Waals surface area contributed by atoms with Gasteiger partial charge in [-0.3, -0.25) is 9.59 Å². The second kappa shape index (κ2) is 7.87. The van der Waals surface area contributed by atoms with Crippen molar-refractivity contribution in [3.05, 3.63) is 30.3 Å². The van der Waals surface area contributed by atoms with E-state index in [1.807, 2.05) is 30.3 Å². The Morgan fingerprint density at radius 2 is 2.04 bits per heavy atom. The molecule has 0 spiro atoms. The number of carboxylic acids is 1. The molecule has 1 atom stereocenters. The van der Waals surface area contributed by atoms with Crippen molar-refractivity contribution in [2.45, 2.75) is 32.2 Å². The van der Waals surface area contributed by atoms with E-state index < -0.39 is 5.97 Å². The summed E-state index contributed by atoms with van der Waals surface area (Å²) in [5.41, 5.74) is 0.855. The van der Waals surface area contributed by atoms with Crippen LogP contribution in [0, 0.1) is 5.92 Å². The molecule has 1 aliphatic rings. The van der Waals surface area contributed by atoms with Gasteiger partial charge in [0.05, 0.1) is 0 Å². The summed E-state index contributed by atoms with van der Waals surface area (Å²) in [5, 5.41) is 21.0. The summed E-state index contributed by atoms with van der Waals surface area (Å²) in [6.45, 7) is 1.35.